The fourth-order valence-electron chi connectivity index (χ4n) is 4.73. The zero-order valence-corrected chi connectivity index (χ0v) is 28.7. The summed E-state index contributed by atoms with van der Waals surface area (Å²) in [7, 11) is 0. The van der Waals surface area contributed by atoms with Gasteiger partial charge in [0, 0.05) is 33.1 Å². The number of hydrogen-bond donors (Lipinski definition) is 9. The number of carbonyl (C=O) groups is 4. The van der Waals surface area contributed by atoms with Crippen molar-refractivity contribution >= 4 is 23.7 Å². The van der Waals surface area contributed by atoms with Crippen molar-refractivity contribution in [2.75, 3.05) is 45.8 Å². The molecule has 0 rings (SSSR count). The van der Waals surface area contributed by atoms with Gasteiger partial charge in [0.15, 0.2) is 0 Å². The van der Waals surface area contributed by atoms with Gasteiger partial charge < -0.3 is 55.0 Å². The number of rotatable bonds is 29. The molecule has 0 fully saturated rings. The van der Waals surface area contributed by atoms with Crippen molar-refractivity contribution < 1.29 is 24.3 Å². The van der Waals surface area contributed by atoms with Gasteiger partial charge in [-0.05, 0) is 83.8 Å². The molecule has 0 spiro atoms. The Bertz CT molecular complexity index is 730. The van der Waals surface area contributed by atoms with E-state index in [2.05, 4.69) is 10.6 Å². The van der Waals surface area contributed by atoms with Crippen LogP contribution >= 0.6 is 0 Å². The fraction of sp³-hybridized carbons (Fsp3) is 0.875. The highest BCUT2D eigenvalue weighted by molar-refractivity contribution is 5.82. The fourth-order valence-corrected chi connectivity index (χ4v) is 4.73. The molecule has 272 valence electrons. The maximum absolute atomic E-state index is 13.1. The van der Waals surface area contributed by atoms with E-state index >= 15 is 0 Å². The highest BCUT2D eigenvalue weighted by Crippen LogP contribution is 2.10. The Labute approximate surface area is 277 Å². The van der Waals surface area contributed by atoms with E-state index in [0.29, 0.717) is 65.1 Å². The van der Waals surface area contributed by atoms with Crippen molar-refractivity contribution in [2.45, 2.75) is 134 Å². The zero-order valence-electron chi connectivity index (χ0n) is 28.7. The molecular weight excluding hydrogens is 590 g/mol. The first-order chi connectivity index (χ1) is 22.0. The topological polar surface area (TPSA) is 272 Å². The standard InChI is InChI=1S/C30H65N9O3.C2H4O2/c31-18-8-5-15-25(34)28(40)37-21-11-1-3-13-23-39(30(42)27(36)17-7-10-20-33)24-14-4-2-12-22-38-29(41)26(35)16-6-9-19-32;1-2(3)4/h25-27H,1-24,31-36H2,(H,37,40)(H,38,41);1H3,(H,3,4). The highest BCUT2D eigenvalue weighted by atomic mass is 16.4. The van der Waals surface area contributed by atoms with E-state index in [4.69, 9.17) is 44.3 Å². The van der Waals surface area contributed by atoms with Crippen LogP contribution in [0.1, 0.15) is 116 Å². The summed E-state index contributed by atoms with van der Waals surface area (Å²) in [5.41, 5.74) is 34.7. The lowest BCUT2D eigenvalue weighted by Crippen LogP contribution is -2.44. The number of nitrogens with one attached hydrogen (secondary N) is 2. The van der Waals surface area contributed by atoms with Crippen molar-refractivity contribution in [2.24, 2.45) is 34.4 Å². The van der Waals surface area contributed by atoms with Crippen molar-refractivity contribution in [1.82, 2.24) is 15.5 Å². The third-order valence-corrected chi connectivity index (χ3v) is 7.52. The number of carboxylic acids is 1. The van der Waals surface area contributed by atoms with Crippen molar-refractivity contribution in [3.05, 3.63) is 0 Å². The Morgan fingerprint density at radius 3 is 1.22 bits per heavy atom. The van der Waals surface area contributed by atoms with Gasteiger partial charge in [-0.25, -0.2) is 0 Å². The van der Waals surface area contributed by atoms with E-state index in [-0.39, 0.29) is 17.7 Å². The first-order valence-electron chi connectivity index (χ1n) is 17.4. The molecule has 0 radical (unpaired) electrons. The molecule has 0 aliphatic rings. The number of aliphatic carboxylic acids is 1. The molecule has 3 atom stereocenters. The van der Waals surface area contributed by atoms with E-state index in [1.807, 2.05) is 4.90 Å². The van der Waals surface area contributed by atoms with Crippen LogP contribution in [-0.2, 0) is 19.2 Å². The Morgan fingerprint density at radius 2 is 0.870 bits per heavy atom. The van der Waals surface area contributed by atoms with Gasteiger partial charge in [0.1, 0.15) is 0 Å². The highest BCUT2D eigenvalue weighted by Gasteiger charge is 2.20. The number of unbranched alkanes of at least 4 members (excludes halogenated alkanes) is 9. The lowest BCUT2D eigenvalue weighted by Gasteiger charge is -2.26. The van der Waals surface area contributed by atoms with Gasteiger partial charge in [-0.15, -0.1) is 0 Å². The number of nitrogens with zero attached hydrogens (tertiary/aromatic N) is 1. The van der Waals surface area contributed by atoms with Gasteiger partial charge in [-0.1, -0.05) is 44.9 Å². The summed E-state index contributed by atoms with van der Waals surface area (Å²) < 4.78 is 0. The zero-order chi connectivity index (χ0) is 35.0. The molecule has 0 aromatic heterocycles. The number of nitrogens with two attached hydrogens (primary N) is 6. The predicted octanol–water partition coefficient (Wildman–Crippen LogP) is 0.628. The molecule has 0 bridgehead atoms. The second kappa shape index (κ2) is 32.6. The molecule has 0 aromatic rings. The summed E-state index contributed by atoms with van der Waals surface area (Å²) >= 11 is 0. The van der Waals surface area contributed by atoms with Crippen LogP contribution in [0.3, 0.4) is 0 Å². The maximum atomic E-state index is 13.1. The van der Waals surface area contributed by atoms with E-state index in [0.717, 1.165) is 96.8 Å². The average molecular weight is 660 g/mol. The number of carbonyl (C=O) groups excluding carboxylic acids is 3. The second-order valence-corrected chi connectivity index (χ2v) is 11.9. The lowest BCUT2D eigenvalue weighted by atomic mass is 10.1. The quantitative estimate of drug-likeness (QED) is 0.0502. The van der Waals surface area contributed by atoms with Gasteiger partial charge in [-0.3, -0.25) is 19.2 Å². The van der Waals surface area contributed by atoms with Gasteiger partial charge >= 0.3 is 0 Å². The van der Waals surface area contributed by atoms with E-state index in [1.54, 1.807) is 0 Å². The molecule has 3 unspecified atom stereocenters. The third kappa shape index (κ3) is 29.1. The first-order valence-corrected chi connectivity index (χ1v) is 17.4. The molecule has 0 aromatic carbocycles. The van der Waals surface area contributed by atoms with Gasteiger partial charge in [0.2, 0.25) is 17.7 Å². The molecular formula is C32H69N9O5. The Hall–Kier alpha value is -2.36. The molecule has 0 aliphatic heterocycles. The number of carboxylic acid groups (broad SMARTS) is 1. The summed E-state index contributed by atoms with van der Waals surface area (Å²) in [6.07, 6.45) is 14.6. The van der Waals surface area contributed by atoms with Crippen molar-refractivity contribution in [3.63, 3.8) is 0 Å². The summed E-state index contributed by atoms with van der Waals surface area (Å²) in [4.78, 5) is 48.1. The first kappa shape index (κ1) is 45.8. The molecule has 0 saturated carbocycles. The Morgan fingerprint density at radius 1 is 0.543 bits per heavy atom. The van der Waals surface area contributed by atoms with Crippen molar-refractivity contribution in [1.29, 1.82) is 0 Å². The normalized spacial score (nSPS) is 12.8. The molecule has 15 N–H and O–H groups in total. The smallest absolute Gasteiger partial charge is 0.300 e. The monoisotopic (exact) mass is 660 g/mol. The summed E-state index contributed by atoms with van der Waals surface area (Å²) in [5, 5.41) is 13.3. The largest absolute Gasteiger partial charge is 0.481 e. The molecule has 0 heterocycles. The van der Waals surface area contributed by atoms with Crippen LogP contribution in [0, 0.1) is 0 Å². The van der Waals surface area contributed by atoms with Crippen LogP contribution in [0.2, 0.25) is 0 Å². The number of hydrogen-bond acceptors (Lipinski definition) is 10. The van der Waals surface area contributed by atoms with E-state index < -0.39 is 24.1 Å². The molecule has 0 aliphatic carbocycles. The van der Waals surface area contributed by atoms with Crippen LogP contribution < -0.4 is 45.0 Å². The van der Waals surface area contributed by atoms with Gasteiger partial charge in [0.05, 0.1) is 18.1 Å². The SMILES string of the molecule is CC(=O)O.NCCCCC(N)C(=O)NCCCCCCN(CCCCCCNC(=O)C(N)CCCCN)C(=O)C(N)CCCCN. The predicted molar refractivity (Wildman–Crippen MR) is 185 cm³/mol. The van der Waals surface area contributed by atoms with Crippen LogP contribution in [0.15, 0.2) is 0 Å². The minimum Gasteiger partial charge on any atom is -0.481 e. The molecule has 46 heavy (non-hydrogen) atoms. The van der Waals surface area contributed by atoms with Crippen LogP contribution in [0.25, 0.3) is 0 Å². The van der Waals surface area contributed by atoms with Gasteiger partial charge in [-0.2, -0.15) is 0 Å². The summed E-state index contributed by atoms with van der Waals surface area (Å²) in [6, 6.07) is -1.44. The summed E-state index contributed by atoms with van der Waals surface area (Å²) in [6.45, 7) is 5.50. The molecule has 14 nitrogen and oxygen atoms in total. The summed E-state index contributed by atoms with van der Waals surface area (Å²) in [5.74, 6) is -1.02. The van der Waals surface area contributed by atoms with E-state index in [9.17, 15) is 14.4 Å². The Kier molecular flexibility index (Phi) is 32.4. The lowest BCUT2D eigenvalue weighted by molar-refractivity contribution is -0.134. The average Bonchev–Trinajstić information content (AvgIpc) is 3.02. The minimum absolute atomic E-state index is 0.0128. The second-order valence-electron chi connectivity index (χ2n) is 11.9. The Balaban J connectivity index is 0. The molecule has 14 heteroatoms. The van der Waals surface area contributed by atoms with E-state index in [1.165, 1.54) is 0 Å². The number of amides is 3. The third-order valence-electron chi connectivity index (χ3n) is 7.52. The van der Waals surface area contributed by atoms with Crippen LogP contribution in [0.5, 0.6) is 0 Å². The van der Waals surface area contributed by atoms with Crippen molar-refractivity contribution in [3.8, 4) is 0 Å². The van der Waals surface area contributed by atoms with Crippen LogP contribution in [-0.4, -0.2) is 97.6 Å². The molecule has 3 amide bonds. The maximum Gasteiger partial charge on any atom is 0.300 e. The van der Waals surface area contributed by atoms with Crippen LogP contribution in [0.4, 0.5) is 0 Å². The molecule has 0 saturated heterocycles. The van der Waals surface area contributed by atoms with Gasteiger partial charge in [0.25, 0.3) is 5.97 Å². The minimum atomic E-state index is -0.833.